The average Bonchev–Trinajstić information content (AvgIpc) is 1.55. The van der Waals surface area contributed by atoms with Gasteiger partial charge in [0.15, 0.2) is 12.1 Å². The van der Waals surface area contributed by atoms with Gasteiger partial charge in [0.1, 0.15) is 42.1 Å². The molecule has 2 bridgehead atoms. The Labute approximate surface area is 740 Å². The SMILES string of the molecule is CCCCC[C@H](N)C(=O)OCCOCCOCCOCCn1nnc2c1-c1ccccc1CN(C(=O)CCCC(=O)CCOCCOCCOCCOCCCC(=O)[C@H]1C3C[C@@H](O[C@@H]4O[C@H](C)[C@@H](O)[C@H](N)[C@@H]4O)/C=C/C=C/C=C/C=C/C=C/C=C/C=C/[C@H](C)[C@@H](O)[C@@H](C)[C@H](C)OC(=O)C[C@H](O)C[C@H](O)CC[C@@H](O)[C@H](O)C[C@H](O)C[C@](O)(C[C@@H]1O)O3)c1ccccc1-2. The number of ether oxygens (including phenoxy) is 12. The molecular weight excluding hydrogens is 1630 g/mol. The molecule has 704 valence electrons. The van der Waals surface area contributed by atoms with Gasteiger partial charge in [-0.25, -0.2) is 4.68 Å². The molecular formula is C93H140N6O27. The number of unbranched alkanes of at least 4 members (excludes halogenated alkanes) is 2. The predicted molar refractivity (Wildman–Crippen MR) is 468 cm³/mol. The third-order valence-corrected chi connectivity index (χ3v) is 22.5. The molecule has 5 heterocycles. The van der Waals surface area contributed by atoms with Crippen LogP contribution in [0.4, 0.5) is 5.69 Å². The number of Topliss-reactive ketones (excluding diaryl/α,β-unsaturated/α-hetero) is 2. The van der Waals surface area contributed by atoms with E-state index in [4.69, 9.17) is 68.3 Å². The molecule has 33 heteroatoms. The second-order valence-electron chi connectivity index (χ2n) is 32.7. The van der Waals surface area contributed by atoms with Crippen molar-refractivity contribution in [2.75, 3.05) is 104 Å². The minimum absolute atomic E-state index is 0.0338. The van der Waals surface area contributed by atoms with Gasteiger partial charge < -0.3 is 124 Å². The van der Waals surface area contributed by atoms with E-state index in [1.54, 1.807) is 80.4 Å². The summed E-state index contributed by atoms with van der Waals surface area (Å²) in [5.74, 6) is -6.18. The molecule has 14 N–H and O–H groups in total. The lowest BCUT2D eigenvalue weighted by Crippen LogP contribution is -2.61. The lowest BCUT2D eigenvalue weighted by molar-refractivity contribution is -0.307. The van der Waals surface area contributed by atoms with Crippen LogP contribution in [0.15, 0.2) is 134 Å². The fourth-order valence-corrected chi connectivity index (χ4v) is 15.2. The third-order valence-electron chi connectivity index (χ3n) is 22.5. The van der Waals surface area contributed by atoms with Crippen LogP contribution in [0.3, 0.4) is 0 Å². The normalized spacial score (nSPS) is 29.7. The summed E-state index contributed by atoms with van der Waals surface area (Å²) in [6.45, 7) is 13.3. The number of rotatable bonds is 40. The van der Waals surface area contributed by atoms with Crippen molar-refractivity contribution in [2.45, 2.75) is 267 Å². The number of aliphatic hydroxyl groups excluding tert-OH is 9. The molecule has 1 unspecified atom stereocenters. The van der Waals surface area contributed by atoms with Crippen LogP contribution in [0.5, 0.6) is 0 Å². The number of aromatic nitrogens is 3. The van der Waals surface area contributed by atoms with Gasteiger partial charge in [-0.2, -0.15) is 0 Å². The predicted octanol–water partition coefficient (Wildman–Crippen LogP) is 6.15. The van der Waals surface area contributed by atoms with Gasteiger partial charge >= 0.3 is 11.9 Å². The number of carbonyl (C=O) groups excluding carboxylic acids is 5. The Morgan fingerprint density at radius 3 is 1.81 bits per heavy atom. The number of fused-ring (bicyclic) bond motifs is 7. The van der Waals surface area contributed by atoms with Crippen LogP contribution in [-0.2, 0) is 93.9 Å². The van der Waals surface area contributed by atoms with E-state index in [2.05, 4.69) is 17.2 Å². The van der Waals surface area contributed by atoms with Crippen molar-refractivity contribution in [3.63, 3.8) is 0 Å². The van der Waals surface area contributed by atoms with E-state index in [0.29, 0.717) is 63.8 Å². The number of hydrogen-bond acceptors (Lipinski definition) is 31. The highest BCUT2D eigenvalue weighted by atomic mass is 16.7. The van der Waals surface area contributed by atoms with Gasteiger partial charge in [-0.3, -0.25) is 24.0 Å². The summed E-state index contributed by atoms with van der Waals surface area (Å²) in [6.07, 6.45) is 8.29. The number of ketones is 2. The Hall–Kier alpha value is -7.37. The molecule has 33 nitrogen and oxygen atoms in total. The molecule has 3 aromatic rings. The number of para-hydroxylation sites is 1. The first kappa shape index (κ1) is 106. The average molecular weight is 1770 g/mol. The van der Waals surface area contributed by atoms with Crippen LogP contribution in [0.25, 0.3) is 22.5 Å². The lowest BCUT2D eigenvalue weighted by Gasteiger charge is -2.46. The van der Waals surface area contributed by atoms with Crippen molar-refractivity contribution in [1.29, 1.82) is 0 Å². The van der Waals surface area contributed by atoms with Gasteiger partial charge in [-0.1, -0.05) is 173 Å². The standard InChI is InChI=1S/C93H140N6O27/c1-6-7-18-33-75(94)91(113)122-55-54-121-53-52-120-49-46-117-43-40-99-87-73-31-22-21-28-67(73)62-98(76-34-24-23-32-74(76)86(87)96-97-99)82(108)36-25-29-68(100)39-42-116-45-48-119-51-50-118-47-44-115-41-26-35-78(105)84-80(107)61-93(114)60-71(103)57-79(106)77(104)38-37-69(101)56-70(102)58-83(109)123-65(4)64(3)88(110)63(2)27-19-16-14-12-10-8-9-11-13-15-17-20-30-72(59-81(84)126-93)125-92-90(112)85(95)89(111)66(5)124-92/h8-17,19-24,27-28,30-32,34,63-66,69-72,75,77,79-81,84-85,88-90,92,101-104,106-107,110-112,114H,6-7,18,25-26,29,33,35-62,94-95H2,1-5H3/b9-8+,12-10+,13-11+,16-14+,17-15+,27-19+,30-20+/t63-,64-,65-,66+,69+,70+,71-,72-,75-,77+,79+,80-,81?,84+,85-,88+,89+,90-,92-,93+/m0/s1. The van der Waals surface area contributed by atoms with Crippen molar-refractivity contribution >= 4 is 35.1 Å². The molecule has 2 aromatic carbocycles. The van der Waals surface area contributed by atoms with Gasteiger partial charge in [-0.05, 0) is 64.0 Å². The Morgan fingerprint density at radius 1 is 0.571 bits per heavy atom. The highest BCUT2D eigenvalue weighted by molar-refractivity contribution is 6.00. The number of carbonyl (C=O) groups is 5. The zero-order chi connectivity index (χ0) is 91.2. The zero-order valence-corrected chi connectivity index (χ0v) is 73.8. The number of hydrogen-bond donors (Lipinski definition) is 12. The highest BCUT2D eigenvalue weighted by Crippen LogP contribution is 2.43. The van der Waals surface area contributed by atoms with Crippen LogP contribution in [0, 0.1) is 17.8 Å². The lowest BCUT2D eigenvalue weighted by atomic mass is 9.79. The molecule has 7 rings (SSSR count). The van der Waals surface area contributed by atoms with E-state index in [1.165, 1.54) is 0 Å². The van der Waals surface area contributed by atoms with Crippen LogP contribution in [-0.4, -0.2) is 298 Å². The fraction of sp³-hybridized carbons (Fsp3) is 0.645. The maximum absolute atomic E-state index is 14.4. The zero-order valence-electron chi connectivity index (χ0n) is 73.8. The largest absolute Gasteiger partial charge is 0.462 e. The number of nitrogens with zero attached hydrogens (tertiary/aromatic N) is 4. The molecule has 126 heavy (non-hydrogen) atoms. The molecule has 1 amide bonds. The highest BCUT2D eigenvalue weighted by Gasteiger charge is 2.51. The number of benzene rings is 2. The molecule has 4 aliphatic rings. The van der Waals surface area contributed by atoms with Crippen molar-refractivity contribution in [2.24, 2.45) is 29.2 Å². The minimum Gasteiger partial charge on any atom is -0.462 e. The summed E-state index contributed by atoms with van der Waals surface area (Å²) in [6, 6.07) is 13.7. The van der Waals surface area contributed by atoms with Gasteiger partial charge in [0.05, 0.1) is 196 Å². The third kappa shape index (κ3) is 37.2. The summed E-state index contributed by atoms with van der Waals surface area (Å²) < 4.78 is 71.1. The maximum atomic E-state index is 14.4. The first-order chi connectivity index (χ1) is 60.7. The fourth-order valence-electron chi connectivity index (χ4n) is 15.2. The van der Waals surface area contributed by atoms with Gasteiger partial charge in [-0.15, -0.1) is 5.10 Å². The molecule has 2 saturated heterocycles. The Kier molecular flexibility index (Phi) is 48.9. The number of anilines is 1. The van der Waals surface area contributed by atoms with Crippen LogP contribution in [0.1, 0.15) is 156 Å². The van der Waals surface area contributed by atoms with Crippen molar-refractivity contribution in [3.05, 3.63) is 139 Å². The summed E-state index contributed by atoms with van der Waals surface area (Å²) in [7, 11) is 0. The topological polar surface area (TPSA) is 484 Å². The summed E-state index contributed by atoms with van der Waals surface area (Å²) >= 11 is 0. The Balaban J connectivity index is 0.827. The van der Waals surface area contributed by atoms with Crippen LogP contribution in [0.2, 0.25) is 0 Å². The second kappa shape index (κ2) is 58.3. The van der Waals surface area contributed by atoms with E-state index in [-0.39, 0.29) is 148 Å². The first-order valence-electron chi connectivity index (χ1n) is 44.6. The van der Waals surface area contributed by atoms with Gasteiger partial charge in [0.2, 0.25) is 5.91 Å². The van der Waals surface area contributed by atoms with Gasteiger partial charge in [0.25, 0.3) is 0 Å². The summed E-state index contributed by atoms with van der Waals surface area (Å²) in [5.41, 5.74) is 16.8. The number of nitrogens with two attached hydrogens (primary N) is 2. The molecule has 0 spiro atoms. The molecule has 1 aromatic heterocycles. The van der Waals surface area contributed by atoms with E-state index >= 15 is 0 Å². The molecule has 4 aliphatic heterocycles. The van der Waals surface area contributed by atoms with E-state index in [0.717, 1.165) is 41.6 Å². The minimum atomic E-state index is -2.33. The quantitative estimate of drug-likeness (QED) is 0.0224. The number of esters is 2. The number of cyclic esters (lactones) is 1. The molecule has 2 fully saturated rings. The molecule has 0 aliphatic carbocycles. The summed E-state index contributed by atoms with van der Waals surface area (Å²) in [4.78, 5) is 68.3. The van der Waals surface area contributed by atoms with Crippen LogP contribution < -0.4 is 16.4 Å². The summed E-state index contributed by atoms with van der Waals surface area (Å²) in [5, 5.41) is 121. The Morgan fingerprint density at radius 2 is 1.16 bits per heavy atom. The maximum Gasteiger partial charge on any atom is 0.322 e. The van der Waals surface area contributed by atoms with Gasteiger partial charge in [0, 0.05) is 80.9 Å². The van der Waals surface area contributed by atoms with Crippen molar-refractivity contribution in [3.8, 4) is 22.5 Å². The number of amides is 1. The smallest absolute Gasteiger partial charge is 0.322 e. The molecule has 0 radical (unpaired) electrons. The van der Waals surface area contributed by atoms with Crippen molar-refractivity contribution < 1.29 is 132 Å². The van der Waals surface area contributed by atoms with Crippen LogP contribution >= 0.6 is 0 Å². The second-order valence-corrected chi connectivity index (χ2v) is 32.7. The monoisotopic (exact) mass is 1770 g/mol. The van der Waals surface area contributed by atoms with Crippen molar-refractivity contribution in [1.82, 2.24) is 15.0 Å². The van der Waals surface area contributed by atoms with E-state index < -0.39 is 159 Å². The van der Waals surface area contributed by atoms with E-state index in [9.17, 15) is 75.0 Å². The van der Waals surface area contributed by atoms with E-state index in [1.807, 2.05) is 90.5 Å². The molecule has 0 saturated carbocycles. The number of aliphatic hydroxyl groups is 10. The Bertz CT molecular complexity index is 3890. The first-order valence-corrected chi connectivity index (χ1v) is 44.6. The number of allylic oxidation sites excluding steroid dienone is 12. The molecule has 20 atom stereocenters.